The highest BCUT2D eigenvalue weighted by Gasteiger charge is 2.40. The first kappa shape index (κ1) is 20.0. The zero-order chi connectivity index (χ0) is 17.1. The number of fused-ring (bicyclic) bond motifs is 1. The van der Waals surface area contributed by atoms with Gasteiger partial charge in [0.25, 0.3) is 5.91 Å². The molecule has 1 aromatic rings. The average molecular weight is 386 g/mol. The van der Waals surface area contributed by atoms with Crippen LogP contribution in [-0.4, -0.2) is 53.8 Å². The van der Waals surface area contributed by atoms with Crippen molar-refractivity contribution in [3.8, 4) is 0 Å². The second-order valence-electron chi connectivity index (χ2n) is 6.65. The molecule has 2 heterocycles. The maximum absolute atomic E-state index is 12.7. The fourth-order valence-corrected chi connectivity index (χ4v) is 4.08. The lowest BCUT2D eigenvalue weighted by Crippen LogP contribution is -2.57. The van der Waals surface area contributed by atoms with Gasteiger partial charge in [0.15, 0.2) is 0 Å². The van der Waals surface area contributed by atoms with Crippen LogP contribution in [0.1, 0.15) is 36.0 Å². The summed E-state index contributed by atoms with van der Waals surface area (Å²) < 4.78 is 0. The maximum Gasteiger partial charge on any atom is 0.253 e. The summed E-state index contributed by atoms with van der Waals surface area (Å²) in [4.78, 5) is 28.8. The van der Waals surface area contributed by atoms with Crippen LogP contribution >= 0.6 is 24.0 Å². The first-order chi connectivity index (χ1) is 11.6. The molecule has 0 aliphatic carbocycles. The van der Waals surface area contributed by atoms with Crippen LogP contribution in [0.15, 0.2) is 24.3 Å². The van der Waals surface area contributed by atoms with E-state index in [0.717, 1.165) is 25.8 Å². The number of nitrogens with two attached hydrogens (primary N) is 1. The normalized spacial score (nSPS) is 23.0. The highest BCUT2D eigenvalue weighted by atomic mass is 35.5. The Morgan fingerprint density at radius 3 is 2.84 bits per heavy atom. The zero-order valence-corrected chi connectivity index (χ0v) is 15.8. The van der Waals surface area contributed by atoms with Crippen molar-refractivity contribution in [2.45, 2.75) is 31.7 Å². The van der Waals surface area contributed by atoms with Gasteiger partial charge in [0.1, 0.15) is 0 Å². The Kier molecular flexibility index (Phi) is 7.11. The summed E-state index contributed by atoms with van der Waals surface area (Å²) >= 11 is 6.00. The minimum atomic E-state index is 0. The molecule has 0 bridgehead atoms. The molecule has 0 radical (unpaired) electrons. The number of benzene rings is 1. The van der Waals surface area contributed by atoms with Crippen molar-refractivity contribution in [3.63, 3.8) is 0 Å². The number of carbonyl (C=O) groups is 2. The number of piperidine rings is 2. The number of carbonyl (C=O) groups excluding carboxylic acids is 2. The third kappa shape index (κ3) is 4.46. The molecule has 2 aliphatic rings. The van der Waals surface area contributed by atoms with Crippen molar-refractivity contribution in [3.05, 3.63) is 34.9 Å². The summed E-state index contributed by atoms with van der Waals surface area (Å²) in [5.74, 6) is 0.623. The van der Waals surface area contributed by atoms with Gasteiger partial charge in [0, 0.05) is 42.7 Å². The third-order valence-electron chi connectivity index (χ3n) is 5.11. The van der Waals surface area contributed by atoms with Crippen molar-refractivity contribution in [2.24, 2.45) is 11.7 Å². The van der Waals surface area contributed by atoms with E-state index in [1.807, 2.05) is 9.80 Å². The standard InChI is InChI=1S/C18H24ClN3O2.ClH/c19-15-4-1-3-13(11-15)18(24)21-10-7-16-14(12-21)5-6-17(23)22(16)9-2-8-20;/h1,3-4,11,14,16H,2,5-10,12,20H2;1H/t14-,16+;/m0./s1. The van der Waals surface area contributed by atoms with E-state index in [9.17, 15) is 9.59 Å². The molecule has 25 heavy (non-hydrogen) atoms. The Labute approximate surface area is 159 Å². The number of hydrogen-bond acceptors (Lipinski definition) is 3. The van der Waals surface area contributed by atoms with Gasteiger partial charge < -0.3 is 15.5 Å². The first-order valence-electron chi connectivity index (χ1n) is 8.64. The van der Waals surface area contributed by atoms with Gasteiger partial charge in [0.05, 0.1) is 0 Å². The molecule has 2 aliphatic heterocycles. The molecule has 2 N–H and O–H groups in total. The summed E-state index contributed by atoms with van der Waals surface area (Å²) in [7, 11) is 0. The van der Waals surface area contributed by atoms with Gasteiger partial charge in [-0.25, -0.2) is 0 Å². The van der Waals surface area contributed by atoms with Gasteiger partial charge in [-0.3, -0.25) is 9.59 Å². The highest BCUT2D eigenvalue weighted by molar-refractivity contribution is 6.30. The van der Waals surface area contributed by atoms with E-state index < -0.39 is 0 Å². The third-order valence-corrected chi connectivity index (χ3v) is 5.34. The number of halogens is 2. The summed E-state index contributed by atoms with van der Waals surface area (Å²) in [5, 5.41) is 0.576. The van der Waals surface area contributed by atoms with E-state index in [-0.39, 0.29) is 30.3 Å². The van der Waals surface area contributed by atoms with Crippen LogP contribution in [0.3, 0.4) is 0 Å². The average Bonchev–Trinajstić information content (AvgIpc) is 2.60. The van der Waals surface area contributed by atoms with Gasteiger partial charge in [-0.2, -0.15) is 0 Å². The molecule has 7 heteroatoms. The molecule has 0 aromatic heterocycles. The quantitative estimate of drug-likeness (QED) is 0.865. The minimum absolute atomic E-state index is 0. The van der Waals surface area contributed by atoms with Crippen molar-refractivity contribution < 1.29 is 9.59 Å². The molecule has 2 amide bonds. The molecule has 3 rings (SSSR count). The van der Waals surface area contributed by atoms with Crippen molar-refractivity contribution in [1.29, 1.82) is 0 Å². The zero-order valence-electron chi connectivity index (χ0n) is 14.2. The molecule has 0 unspecified atom stereocenters. The van der Waals surface area contributed by atoms with Crippen molar-refractivity contribution in [1.82, 2.24) is 9.80 Å². The fraction of sp³-hybridized carbons (Fsp3) is 0.556. The van der Waals surface area contributed by atoms with Crippen LogP contribution in [0.4, 0.5) is 0 Å². The number of hydrogen-bond donors (Lipinski definition) is 1. The number of amides is 2. The first-order valence-corrected chi connectivity index (χ1v) is 9.02. The van der Waals surface area contributed by atoms with E-state index in [2.05, 4.69) is 0 Å². The van der Waals surface area contributed by atoms with E-state index in [1.165, 1.54) is 0 Å². The second kappa shape index (κ2) is 8.88. The summed E-state index contributed by atoms with van der Waals surface area (Å²) in [6, 6.07) is 7.34. The van der Waals surface area contributed by atoms with Gasteiger partial charge >= 0.3 is 0 Å². The van der Waals surface area contributed by atoms with Gasteiger partial charge in [-0.15, -0.1) is 12.4 Å². The van der Waals surface area contributed by atoms with Crippen LogP contribution in [-0.2, 0) is 4.79 Å². The van der Waals surface area contributed by atoms with Gasteiger partial charge in [0.2, 0.25) is 5.91 Å². The minimum Gasteiger partial charge on any atom is -0.339 e. The Hall–Kier alpha value is -1.30. The van der Waals surface area contributed by atoms with Gasteiger partial charge in [-0.1, -0.05) is 17.7 Å². The molecule has 1 aromatic carbocycles. The van der Waals surface area contributed by atoms with Crippen LogP contribution in [0.25, 0.3) is 0 Å². The Morgan fingerprint density at radius 1 is 1.32 bits per heavy atom. The Bertz CT molecular complexity index is 626. The largest absolute Gasteiger partial charge is 0.339 e. The van der Waals surface area contributed by atoms with Crippen LogP contribution < -0.4 is 5.73 Å². The second-order valence-corrected chi connectivity index (χ2v) is 7.08. The van der Waals surface area contributed by atoms with Crippen LogP contribution in [0.2, 0.25) is 5.02 Å². The van der Waals surface area contributed by atoms with Crippen molar-refractivity contribution in [2.75, 3.05) is 26.2 Å². The molecule has 2 saturated heterocycles. The van der Waals surface area contributed by atoms with Crippen molar-refractivity contribution >= 4 is 35.8 Å². The molecular formula is C18H25Cl2N3O2. The fourth-order valence-electron chi connectivity index (χ4n) is 3.89. The number of nitrogens with zero attached hydrogens (tertiary/aromatic N) is 2. The Balaban J connectivity index is 0.00000225. The summed E-state index contributed by atoms with van der Waals surface area (Å²) in [6.45, 7) is 2.72. The predicted octanol–water partition coefficient (Wildman–Crippen LogP) is 2.56. The summed E-state index contributed by atoms with van der Waals surface area (Å²) in [5.41, 5.74) is 6.23. The SMILES string of the molecule is Cl.NCCCN1C(=O)CC[C@H]2CN(C(=O)c3cccc(Cl)c3)CC[C@H]21. The maximum atomic E-state index is 12.7. The number of likely N-dealkylation sites (tertiary alicyclic amines) is 2. The molecule has 138 valence electrons. The molecule has 0 spiro atoms. The van der Waals surface area contributed by atoms with E-state index in [1.54, 1.807) is 24.3 Å². The molecule has 2 fully saturated rings. The highest BCUT2D eigenvalue weighted by Crippen LogP contribution is 2.32. The topological polar surface area (TPSA) is 66.6 Å². The molecule has 0 saturated carbocycles. The lowest BCUT2D eigenvalue weighted by atomic mass is 9.83. The van der Waals surface area contributed by atoms with Crippen LogP contribution in [0, 0.1) is 5.92 Å². The molecule has 5 nitrogen and oxygen atoms in total. The van der Waals surface area contributed by atoms with Gasteiger partial charge in [-0.05, 0) is 49.9 Å². The molecule has 2 atom stereocenters. The Morgan fingerprint density at radius 2 is 2.12 bits per heavy atom. The lowest BCUT2D eigenvalue weighted by molar-refractivity contribution is -0.140. The smallest absolute Gasteiger partial charge is 0.253 e. The van der Waals surface area contributed by atoms with Crippen LogP contribution in [0.5, 0.6) is 0 Å². The predicted molar refractivity (Wildman–Crippen MR) is 101 cm³/mol. The van der Waals surface area contributed by atoms with E-state index >= 15 is 0 Å². The monoisotopic (exact) mass is 385 g/mol. The number of rotatable bonds is 4. The van der Waals surface area contributed by atoms with E-state index in [0.29, 0.717) is 42.6 Å². The summed E-state index contributed by atoms with van der Waals surface area (Å²) in [6.07, 6.45) is 3.11. The lowest BCUT2D eigenvalue weighted by Gasteiger charge is -2.47. The van der Waals surface area contributed by atoms with E-state index in [4.69, 9.17) is 17.3 Å². The molecular weight excluding hydrogens is 361 g/mol.